The van der Waals surface area contributed by atoms with Crippen molar-refractivity contribution in [2.75, 3.05) is 12.4 Å². The molecule has 0 saturated heterocycles. The number of carbonyl (C=O) groups excluding carboxylic acids is 2. The number of nitrogens with one attached hydrogen (secondary N) is 3. The first kappa shape index (κ1) is 17.2. The summed E-state index contributed by atoms with van der Waals surface area (Å²) in [5, 5.41) is 0.637. The molecule has 0 saturated carbocycles. The number of hydrogen-bond acceptors (Lipinski definition) is 6. The van der Waals surface area contributed by atoms with Crippen LogP contribution in [0.4, 0.5) is 0 Å². The van der Waals surface area contributed by atoms with Crippen LogP contribution >= 0.6 is 11.8 Å². The van der Waals surface area contributed by atoms with Gasteiger partial charge in [-0.15, -0.1) is 0 Å². The van der Waals surface area contributed by atoms with Crippen LogP contribution in [0.2, 0.25) is 0 Å². The molecule has 1 atom stereocenters. The maximum Gasteiger partial charge on any atom is 0.283 e. The van der Waals surface area contributed by atoms with Crippen LogP contribution in [0.3, 0.4) is 0 Å². The summed E-state index contributed by atoms with van der Waals surface area (Å²) in [5.41, 5.74) is 6.47. The molecule has 0 spiro atoms. The molecule has 2 aromatic carbocycles. The van der Waals surface area contributed by atoms with E-state index in [1.807, 2.05) is 30.3 Å². The lowest BCUT2D eigenvalue weighted by atomic mass is 10.2. The van der Waals surface area contributed by atoms with E-state index in [1.54, 1.807) is 18.2 Å². The average Bonchev–Trinajstić information content (AvgIpc) is 3.13. The van der Waals surface area contributed by atoms with Gasteiger partial charge in [-0.05, 0) is 24.3 Å². The van der Waals surface area contributed by atoms with Crippen LogP contribution in [-0.2, 0) is 9.59 Å². The number of hydrogen-bond donors (Lipinski definition) is 3. The fourth-order valence-corrected chi connectivity index (χ4v) is 3.21. The molecule has 1 aliphatic rings. The predicted octanol–water partition coefficient (Wildman–Crippen LogP) is 1.64. The Balaban J connectivity index is 1.25. The molecule has 2 heterocycles. The molecule has 138 valence electrons. The molecule has 2 amide bonds. The summed E-state index contributed by atoms with van der Waals surface area (Å²) in [5.74, 6) is 0.353. The monoisotopic (exact) mass is 384 g/mol. The number of nitrogens with zero attached hydrogens (tertiary/aromatic N) is 1. The zero-order valence-corrected chi connectivity index (χ0v) is 14.9. The zero-order valence-electron chi connectivity index (χ0n) is 14.1. The van der Waals surface area contributed by atoms with E-state index in [1.165, 1.54) is 11.8 Å². The Hall–Kier alpha value is -3.20. The van der Waals surface area contributed by atoms with E-state index in [0.717, 1.165) is 11.0 Å². The quantitative estimate of drug-likeness (QED) is 0.467. The van der Waals surface area contributed by atoms with Crippen LogP contribution in [-0.4, -0.2) is 40.2 Å². The Morgan fingerprint density at radius 2 is 1.89 bits per heavy atom. The minimum Gasteiger partial charge on any atom is -0.485 e. The molecule has 0 radical (unpaired) electrons. The highest BCUT2D eigenvalue weighted by molar-refractivity contribution is 7.99. The SMILES string of the molecule is O=C(CSc1nc2ccccc2[nH]1)NNC(=O)[C@@H]1COc2ccccc2O1. The van der Waals surface area contributed by atoms with Crippen LogP contribution in [0, 0.1) is 0 Å². The summed E-state index contributed by atoms with van der Waals surface area (Å²) < 4.78 is 11.1. The van der Waals surface area contributed by atoms with Crippen molar-refractivity contribution in [3.8, 4) is 11.5 Å². The van der Waals surface area contributed by atoms with E-state index in [4.69, 9.17) is 9.47 Å². The van der Waals surface area contributed by atoms with Gasteiger partial charge in [0.1, 0.15) is 6.61 Å². The van der Waals surface area contributed by atoms with Crippen LogP contribution < -0.4 is 20.3 Å². The van der Waals surface area contributed by atoms with Crippen molar-refractivity contribution in [1.29, 1.82) is 0 Å². The maximum atomic E-state index is 12.1. The zero-order chi connectivity index (χ0) is 18.6. The van der Waals surface area contributed by atoms with E-state index < -0.39 is 12.0 Å². The number of rotatable bonds is 4. The first-order chi connectivity index (χ1) is 13.2. The molecular weight excluding hydrogens is 368 g/mol. The van der Waals surface area contributed by atoms with Gasteiger partial charge in [0.25, 0.3) is 5.91 Å². The molecule has 27 heavy (non-hydrogen) atoms. The second-order valence-corrected chi connectivity index (χ2v) is 6.71. The van der Waals surface area contributed by atoms with Gasteiger partial charge in [-0.3, -0.25) is 20.4 Å². The van der Waals surface area contributed by atoms with Gasteiger partial charge in [-0.1, -0.05) is 36.0 Å². The molecule has 3 aromatic rings. The Bertz CT molecular complexity index is 957. The summed E-state index contributed by atoms with van der Waals surface area (Å²) in [6.45, 7) is 0.0758. The van der Waals surface area contributed by atoms with Crippen molar-refractivity contribution in [1.82, 2.24) is 20.8 Å². The van der Waals surface area contributed by atoms with E-state index in [2.05, 4.69) is 20.8 Å². The minimum atomic E-state index is -0.830. The van der Waals surface area contributed by atoms with Crippen molar-refractivity contribution < 1.29 is 19.1 Å². The second kappa shape index (κ2) is 7.58. The van der Waals surface area contributed by atoms with Gasteiger partial charge >= 0.3 is 0 Å². The lowest BCUT2D eigenvalue weighted by Crippen LogP contribution is -2.51. The first-order valence-corrected chi connectivity index (χ1v) is 9.22. The Labute approximate surface area is 158 Å². The molecule has 0 aliphatic carbocycles. The highest BCUT2D eigenvalue weighted by Crippen LogP contribution is 2.30. The fourth-order valence-electron chi connectivity index (χ4n) is 2.53. The second-order valence-electron chi connectivity index (χ2n) is 5.75. The Morgan fingerprint density at radius 3 is 2.74 bits per heavy atom. The number of fused-ring (bicyclic) bond motifs is 2. The van der Waals surface area contributed by atoms with Crippen molar-refractivity contribution in [3.63, 3.8) is 0 Å². The molecule has 4 rings (SSSR count). The first-order valence-electron chi connectivity index (χ1n) is 8.24. The largest absolute Gasteiger partial charge is 0.485 e. The van der Waals surface area contributed by atoms with E-state index >= 15 is 0 Å². The van der Waals surface area contributed by atoms with Crippen LogP contribution in [0.5, 0.6) is 11.5 Å². The summed E-state index contributed by atoms with van der Waals surface area (Å²) in [4.78, 5) is 31.6. The van der Waals surface area contributed by atoms with Gasteiger partial charge < -0.3 is 14.5 Å². The molecule has 0 fully saturated rings. The molecule has 9 heteroatoms. The number of hydrazine groups is 1. The topological polar surface area (TPSA) is 105 Å². The summed E-state index contributed by atoms with van der Waals surface area (Å²) in [6, 6.07) is 14.7. The van der Waals surface area contributed by atoms with Gasteiger partial charge in [0.15, 0.2) is 16.7 Å². The van der Waals surface area contributed by atoms with Crippen molar-refractivity contribution in [2.24, 2.45) is 0 Å². The lowest BCUT2D eigenvalue weighted by Gasteiger charge is -2.25. The molecular formula is C18H16N4O4S. The number of para-hydroxylation sites is 4. The smallest absolute Gasteiger partial charge is 0.283 e. The van der Waals surface area contributed by atoms with E-state index in [9.17, 15) is 9.59 Å². The van der Waals surface area contributed by atoms with E-state index in [0.29, 0.717) is 16.7 Å². The average molecular weight is 384 g/mol. The normalized spacial score (nSPS) is 15.3. The number of aromatic nitrogens is 2. The third-order valence-electron chi connectivity index (χ3n) is 3.83. The number of imidazole rings is 1. The van der Waals surface area contributed by atoms with Gasteiger partial charge in [0.05, 0.1) is 16.8 Å². The number of H-pyrrole nitrogens is 1. The number of amides is 2. The summed E-state index contributed by atoms with van der Waals surface area (Å²) in [6.07, 6.45) is -0.830. The highest BCUT2D eigenvalue weighted by atomic mass is 32.2. The van der Waals surface area contributed by atoms with Crippen LogP contribution in [0.1, 0.15) is 0 Å². The van der Waals surface area contributed by atoms with Gasteiger partial charge in [-0.2, -0.15) is 0 Å². The van der Waals surface area contributed by atoms with E-state index in [-0.39, 0.29) is 18.3 Å². The van der Waals surface area contributed by atoms with Gasteiger partial charge in [0, 0.05) is 0 Å². The van der Waals surface area contributed by atoms with Gasteiger partial charge in [0.2, 0.25) is 12.0 Å². The molecule has 0 unspecified atom stereocenters. The summed E-state index contributed by atoms with van der Waals surface area (Å²) >= 11 is 1.25. The van der Waals surface area contributed by atoms with Crippen molar-refractivity contribution >= 4 is 34.6 Å². The highest BCUT2D eigenvalue weighted by Gasteiger charge is 2.27. The van der Waals surface area contributed by atoms with Crippen LogP contribution in [0.15, 0.2) is 53.7 Å². The summed E-state index contributed by atoms with van der Waals surface area (Å²) in [7, 11) is 0. The molecule has 1 aromatic heterocycles. The number of aromatic amines is 1. The third kappa shape index (κ3) is 3.98. The number of ether oxygens (including phenoxy) is 2. The fraction of sp³-hybridized carbons (Fsp3) is 0.167. The Kier molecular flexibility index (Phi) is 4.84. The number of carbonyl (C=O) groups is 2. The van der Waals surface area contributed by atoms with Crippen molar-refractivity contribution in [2.45, 2.75) is 11.3 Å². The minimum absolute atomic E-state index is 0.0758. The van der Waals surface area contributed by atoms with Gasteiger partial charge in [-0.25, -0.2) is 4.98 Å². The maximum absolute atomic E-state index is 12.1. The Morgan fingerprint density at radius 1 is 1.11 bits per heavy atom. The number of thioether (sulfide) groups is 1. The third-order valence-corrected chi connectivity index (χ3v) is 4.71. The molecule has 0 bridgehead atoms. The molecule has 1 aliphatic heterocycles. The standard InChI is InChI=1S/C18H16N4O4S/c23-16(10-27-18-19-11-5-1-2-6-12(11)20-18)21-22-17(24)15-9-25-13-7-3-4-8-14(13)26-15/h1-8,15H,9-10H2,(H,19,20)(H,21,23)(H,22,24)/t15-/m0/s1. The lowest BCUT2D eigenvalue weighted by molar-refractivity contribution is -0.134. The predicted molar refractivity (Wildman–Crippen MR) is 99.5 cm³/mol. The van der Waals surface area contributed by atoms with Crippen molar-refractivity contribution in [3.05, 3.63) is 48.5 Å². The van der Waals surface area contributed by atoms with Crippen LogP contribution in [0.25, 0.3) is 11.0 Å². The molecule has 8 nitrogen and oxygen atoms in total. The number of benzene rings is 2. The molecule has 3 N–H and O–H groups in total.